The summed E-state index contributed by atoms with van der Waals surface area (Å²) in [5.41, 5.74) is 5.04. The highest BCUT2D eigenvalue weighted by Gasteiger charge is 2.11. The summed E-state index contributed by atoms with van der Waals surface area (Å²) in [6.45, 7) is 1.99. The molecule has 2 aromatic carbocycles. The fourth-order valence-electron chi connectivity index (χ4n) is 1.78. The third-order valence-corrected chi connectivity index (χ3v) is 5.07. The van der Waals surface area contributed by atoms with E-state index in [2.05, 4.69) is 39.6 Å². The summed E-state index contributed by atoms with van der Waals surface area (Å²) in [5.74, 6) is 6.51. The number of hydrazine groups is 1. The molecule has 0 bridgehead atoms. The van der Waals surface area contributed by atoms with Crippen molar-refractivity contribution in [3.63, 3.8) is 0 Å². The smallest absolute Gasteiger partial charge is 0.0554 e. The zero-order valence-corrected chi connectivity index (χ0v) is 14.2. The van der Waals surface area contributed by atoms with Crippen molar-refractivity contribution < 1.29 is 0 Å². The Morgan fingerprint density at radius 2 is 1.95 bits per heavy atom. The van der Waals surface area contributed by atoms with Gasteiger partial charge in [-0.1, -0.05) is 39.7 Å². The molecule has 0 saturated carbocycles. The quantitative estimate of drug-likeness (QED) is 0.454. The lowest BCUT2D eigenvalue weighted by Gasteiger charge is -2.17. The molecule has 0 radical (unpaired) electrons. The third kappa shape index (κ3) is 4.24. The molecule has 0 fully saturated rings. The number of hydrogen-bond donors (Lipinski definition) is 2. The third-order valence-electron chi connectivity index (χ3n) is 3.03. The van der Waals surface area contributed by atoms with Gasteiger partial charge in [-0.3, -0.25) is 11.3 Å². The summed E-state index contributed by atoms with van der Waals surface area (Å²) >= 11 is 11.4. The number of thioether (sulfide) groups is 1. The van der Waals surface area contributed by atoms with Crippen LogP contribution in [0.3, 0.4) is 0 Å². The van der Waals surface area contributed by atoms with E-state index in [1.807, 2.05) is 31.2 Å². The molecule has 0 aliphatic carbocycles. The molecular formula is C15H16BrClN2S. The molecule has 0 aromatic heterocycles. The molecule has 0 aliphatic rings. The number of nitrogens with two attached hydrogens (primary N) is 1. The lowest BCUT2D eigenvalue weighted by Crippen LogP contribution is -2.29. The number of aryl methyl sites for hydroxylation is 1. The zero-order valence-electron chi connectivity index (χ0n) is 11.1. The minimum atomic E-state index is 0.0711. The number of halogens is 2. The Morgan fingerprint density at radius 1 is 1.25 bits per heavy atom. The Bertz CT molecular complexity index is 575. The van der Waals surface area contributed by atoms with Gasteiger partial charge in [0.2, 0.25) is 0 Å². The second kappa shape index (κ2) is 7.48. The molecule has 5 heteroatoms. The van der Waals surface area contributed by atoms with Crippen LogP contribution in [0.1, 0.15) is 17.2 Å². The van der Waals surface area contributed by atoms with E-state index in [1.165, 1.54) is 4.90 Å². The van der Waals surface area contributed by atoms with Crippen LogP contribution in [0.15, 0.2) is 51.8 Å². The maximum Gasteiger partial charge on any atom is 0.0554 e. The van der Waals surface area contributed by atoms with Gasteiger partial charge in [0.1, 0.15) is 0 Å². The predicted octanol–water partition coefficient (Wildman–Crippen LogP) is 4.71. The topological polar surface area (TPSA) is 38.0 Å². The Balaban J connectivity index is 2.05. The SMILES string of the molecule is Cc1ccc(C(CSc2ccc(Br)cc2)NN)cc1Cl. The predicted molar refractivity (Wildman–Crippen MR) is 91.1 cm³/mol. The first-order valence-corrected chi connectivity index (χ1v) is 8.36. The van der Waals surface area contributed by atoms with Crippen LogP contribution in [0.2, 0.25) is 5.02 Å². The van der Waals surface area contributed by atoms with Gasteiger partial charge in [0.15, 0.2) is 0 Å². The summed E-state index contributed by atoms with van der Waals surface area (Å²) in [6, 6.07) is 14.4. The lowest BCUT2D eigenvalue weighted by molar-refractivity contribution is 0.610. The van der Waals surface area contributed by atoms with Gasteiger partial charge in [-0.05, 0) is 48.4 Å². The molecule has 3 N–H and O–H groups in total. The molecule has 0 amide bonds. The van der Waals surface area contributed by atoms with Crippen LogP contribution < -0.4 is 11.3 Å². The average Bonchev–Trinajstić information content (AvgIpc) is 2.45. The van der Waals surface area contributed by atoms with Crippen LogP contribution in [0.25, 0.3) is 0 Å². The van der Waals surface area contributed by atoms with Crippen LogP contribution in [0, 0.1) is 6.92 Å². The molecule has 2 nitrogen and oxygen atoms in total. The van der Waals surface area contributed by atoms with Crippen LogP contribution in [-0.4, -0.2) is 5.75 Å². The summed E-state index contributed by atoms with van der Waals surface area (Å²) in [4.78, 5) is 1.21. The fraction of sp³-hybridized carbons (Fsp3) is 0.200. The maximum absolute atomic E-state index is 6.17. The Hall–Kier alpha value is -0.520. The molecule has 1 unspecified atom stereocenters. The minimum absolute atomic E-state index is 0.0711. The molecule has 106 valence electrons. The first-order chi connectivity index (χ1) is 9.60. The molecular weight excluding hydrogens is 356 g/mol. The van der Waals surface area contributed by atoms with Gasteiger partial charge >= 0.3 is 0 Å². The van der Waals surface area contributed by atoms with Gasteiger partial charge < -0.3 is 0 Å². The van der Waals surface area contributed by atoms with Crippen molar-refractivity contribution >= 4 is 39.3 Å². The number of nitrogens with one attached hydrogen (secondary N) is 1. The van der Waals surface area contributed by atoms with Crippen LogP contribution in [0.4, 0.5) is 0 Å². The molecule has 0 aliphatic heterocycles. The number of hydrogen-bond acceptors (Lipinski definition) is 3. The van der Waals surface area contributed by atoms with Crippen LogP contribution in [0.5, 0.6) is 0 Å². The molecule has 0 spiro atoms. The van der Waals surface area contributed by atoms with Gasteiger partial charge in [0, 0.05) is 20.1 Å². The van der Waals surface area contributed by atoms with Gasteiger partial charge in [0.25, 0.3) is 0 Å². The summed E-state index contributed by atoms with van der Waals surface area (Å²) in [6.07, 6.45) is 0. The lowest BCUT2D eigenvalue weighted by atomic mass is 10.1. The monoisotopic (exact) mass is 370 g/mol. The van der Waals surface area contributed by atoms with E-state index in [0.717, 1.165) is 26.4 Å². The summed E-state index contributed by atoms with van der Waals surface area (Å²) in [5, 5.41) is 0.774. The van der Waals surface area contributed by atoms with E-state index in [0.29, 0.717) is 0 Å². The molecule has 0 heterocycles. The van der Waals surface area contributed by atoms with Crippen LogP contribution in [-0.2, 0) is 0 Å². The Kier molecular flexibility index (Phi) is 5.93. The molecule has 20 heavy (non-hydrogen) atoms. The van der Waals surface area contributed by atoms with E-state index in [1.54, 1.807) is 11.8 Å². The zero-order chi connectivity index (χ0) is 14.5. The first kappa shape index (κ1) is 15.9. The van der Waals surface area contributed by atoms with Crippen molar-refractivity contribution in [1.82, 2.24) is 5.43 Å². The normalized spacial score (nSPS) is 12.4. The molecule has 2 aromatic rings. The Morgan fingerprint density at radius 3 is 2.55 bits per heavy atom. The van der Waals surface area contributed by atoms with E-state index in [9.17, 15) is 0 Å². The Labute approximate surface area is 137 Å². The van der Waals surface area contributed by atoms with Crippen molar-refractivity contribution in [3.8, 4) is 0 Å². The van der Waals surface area contributed by atoms with Crippen molar-refractivity contribution in [2.45, 2.75) is 17.9 Å². The van der Waals surface area contributed by atoms with E-state index in [-0.39, 0.29) is 6.04 Å². The van der Waals surface area contributed by atoms with Crippen molar-refractivity contribution in [2.75, 3.05) is 5.75 Å². The summed E-state index contributed by atoms with van der Waals surface area (Å²) < 4.78 is 1.08. The number of rotatable bonds is 5. The van der Waals surface area contributed by atoms with E-state index in [4.69, 9.17) is 17.4 Å². The number of benzene rings is 2. The van der Waals surface area contributed by atoms with Gasteiger partial charge in [-0.2, -0.15) is 0 Å². The summed E-state index contributed by atoms with van der Waals surface area (Å²) in [7, 11) is 0. The van der Waals surface area contributed by atoms with Crippen molar-refractivity contribution in [3.05, 3.63) is 63.1 Å². The largest absolute Gasteiger partial charge is 0.271 e. The van der Waals surface area contributed by atoms with Crippen molar-refractivity contribution in [1.29, 1.82) is 0 Å². The first-order valence-electron chi connectivity index (χ1n) is 6.20. The maximum atomic E-state index is 6.17. The minimum Gasteiger partial charge on any atom is -0.271 e. The fourth-order valence-corrected chi connectivity index (χ4v) is 3.21. The van der Waals surface area contributed by atoms with Gasteiger partial charge in [-0.25, -0.2) is 0 Å². The van der Waals surface area contributed by atoms with E-state index < -0.39 is 0 Å². The van der Waals surface area contributed by atoms with E-state index >= 15 is 0 Å². The van der Waals surface area contributed by atoms with Crippen LogP contribution >= 0.6 is 39.3 Å². The highest BCUT2D eigenvalue weighted by Crippen LogP contribution is 2.27. The highest BCUT2D eigenvalue weighted by molar-refractivity contribution is 9.10. The average molecular weight is 372 g/mol. The highest BCUT2D eigenvalue weighted by atomic mass is 79.9. The van der Waals surface area contributed by atoms with Gasteiger partial charge in [0.05, 0.1) is 6.04 Å². The van der Waals surface area contributed by atoms with Crippen molar-refractivity contribution in [2.24, 2.45) is 5.84 Å². The van der Waals surface area contributed by atoms with Gasteiger partial charge in [-0.15, -0.1) is 11.8 Å². The second-order valence-electron chi connectivity index (χ2n) is 4.49. The second-order valence-corrected chi connectivity index (χ2v) is 6.91. The standard InChI is InChI=1S/C15H16BrClN2S/c1-10-2-3-11(8-14(10)17)15(19-18)9-20-13-6-4-12(16)5-7-13/h2-8,15,19H,9,18H2,1H3. The molecule has 0 saturated heterocycles. The molecule has 1 atom stereocenters. The molecule has 2 rings (SSSR count).